The summed E-state index contributed by atoms with van der Waals surface area (Å²) in [4.78, 5) is 30.7. The minimum atomic E-state index is -0.0755. The molecule has 1 aromatic carbocycles. The van der Waals surface area contributed by atoms with Crippen molar-refractivity contribution in [2.45, 2.75) is 51.5 Å². The van der Waals surface area contributed by atoms with Gasteiger partial charge in [0.25, 0.3) is 5.91 Å². The largest absolute Gasteiger partial charge is 0.349 e. The van der Waals surface area contributed by atoms with Crippen LogP contribution >= 0.6 is 0 Å². The van der Waals surface area contributed by atoms with Gasteiger partial charge in [-0.2, -0.15) is 0 Å². The van der Waals surface area contributed by atoms with E-state index in [1.165, 1.54) is 0 Å². The van der Waals surface area contributed by atoms with Crippen LogP contribution in [-0.4, -0.2) is 30.7 Å². The number of hydrogen-bond donors (Lipinski definition) is 2. The number of rotatable bonds is 8. The summed E-state index contributed by atoms with van der Waals surface area (Å²) in [5, 5.41) is 2.99. The van der Waals surface area contributed by atoms with E-state index in [9.17, 15) is 9.59 Å². The summed E-state index contributed by atoms with van der Waals surface area (Å²) in [5.74, 6) is 0.000599. The molecule has 0 saturated heterocycles. The van der Waals surface area contributed by atoms with Crippen LogP contribution in [0.2, 0.25) is 0 Å². The zero-order valence-electron chi connectivity index (χ0n) is 15.9. The zero-order chi connectivity index (χ0) is 19.4. The lowest BCUT2D eigenvalue weighted by molar-refractivity contribution is -0.119. The molecule has 6 nitrogen and oxygen atoms in total. The van der Waals surface area contributed by atoms with Crippen LogP contribution in [0.25, 0.3) is 0 Å². The van der Waals surface area contributed by atoms with Gasteiger partial charge >= 0.3 is 0 Å². The number of ketones is 1. The number of carbonyl (C=O) groups is 2. The van der Waals surface area contributed by atoms with Crippen molar-refractivity contribution in [2.24, 2.45) is 16.6 Å². The van der Waals surface area contributed by atoms with Crippen molar-refractivity contribution in [3.05, 3.63) is 41.6 Å². The number of carbonyl (C=O) groups excluding carboxylic acids is 2. The predicted molar refractivity (Wildman–Crippen MR) is 108 cm³/mol. The lowest BCUT2D eigenvalue weighted by Crippen LogP contribution is -2.30. The average molecular weight is 368 g/mol. The summed E-state index contributed by atoms with van der Waals surface area (Å²) in [6, 6.07) is 5.82. The number of nitrogens with zero attached hydrogens (tertiary/aromatic N) is 2. The number of nitrogens with one attached hydrogen (secondary N) is 1. The number of allylic oxidation sites excluding steroid dienone is 1. The van der Waals surface area contributed by atoms with Crippen LogP contribution in [-0.2, 0) is 4.79 Å². The molecule has 0 radical (unpaired) electrons. The molecule has 1 amide bonds. The maximum absolute atomic E-state index is 12.4. The first-order chi connectivity index (χ1) is 13.0. The highest BCUT2D eigenvalue weighted by molar-refractivity contribution is 5.99. The smallest absolute Gasteiger partial charge is 0.251 e. The van der Waals surface area contributed by atoms with Gasteiger partial charge in [-0.3, -0.25) is 9.59 Å². The number of hydrogen-bond acceptors (Lipinski definition) is 4. The highest BCUT2D eigenvalue weighted by Crippen LogP contribution is 2.28. The third kappa shape index (κ3) is 4.83. The highest BCUT2D eigenvalue weighted by Gasteiger charge is 2.25. The second kappa shape index (κ2) is 8.48. The van der Waals surface area contributed by atoms with Crippen molar-refractivity contribution in [1.29, 1.82) is 0 Å². The second-order valence-corrected chi connectivity index (χ2v) is 7.44. The van der Waals surface area contributed by atoms with E-state index in [2.05, 4.69) is 16.9 Å². The Morgan fingerprint density at radius 2 is 2.00 bits per heavy atom. The van der Waals surface area contributed by atoms with Crippen LogP contribution < -0.4 is 16.0 Å². The SMILES string of the molecule is C=C(/N=C\N(CN)c1cc(C(=O)NC2CC2)ccc1C)C(=O)C1CCCC1. The summed E-state index contributed by atoms with van der Waals surface area (Å²) in [6.07, 6.45) is 7.66. The summed E-state index contributed by atoms with van der Waals surface area (Å²) >= 11 is 0. The third-order valence-corrected chi connectivity index (χ3v) is 5.25. The summed E-state index contributed by atoms with van der Waals surface area (Å²) in [7, 11) is 0. The molecule has 27 heavy (non-hydrogen) atoms. The fourth-order valence-electron chi connectivity index (χ4n) is 3.39. The minimum absolute atomic E-state index is 0.0232. The van der Waals surface area contributed by atoms with Crippen molar-refractivity contribution in [1.82, 2.24) is 5.32 Å². The molecule has 2 saturated carbocycles. The predicted octanol–water partition coefficient (Wildman–Crippen LogP) is 2.91. The first kappa shape index (κ1) is 19.3. The minimum Gasteiger partial charge on any atom is -0.349 e. The normalized spacial score (nSPS) is 17.3. The van der Waals surface area contributed by atoms with Crippen LogP contribution in [0.5, 0.6) is 0 Å². The maximum Gasteiger partial charge on any atom is 0.251 e. The fraction of sp³-hybridized carbons (Fsp3) is 0.476. The van der Waals surface area contributed by atoms with Gasteiger partial charge < -0.3 is 16.0 Å². The lowest BCUT2D eigenvalue weighted by atomic mass is 10.0. The van der Waals surface area contributed by atoms with Gasteiger partial charge in [0, 0.05) is 23.2 Å². The van der Waals surface area contributed by atoms with Gasteiger partial charge in [-0.05, 0) is 50.3 Å². The zero-order valence-corrected chi connectivity index (χ0v) is 15.9. The first-order valence-electron chi connectivity index (χ1n) is 9.65. The Balaban J connectivity index is 1.72. The molecule has 0 bridgehead atoms. The van der Waals surface area contributed by atoms with Gasteiger partial charge in [0.15, 0.2) is 5.78 Å². The third-order valence-electron chi connectivity index (χ3n) is 5.25. The topological polar surface area (TPSA) is 87.8 Å². The van der Waals surface area contributed by atoms with E-state index in [1.807, 2.05) is 25.1 Å². The maximum atomic E-state index is 12.4. The Morgan fingerprint density at radius 3 is 2.63 bits per heavy atom. The van der Waals surface area contributed by atoms with Gasteiger partial charge in [-0.1, -0.05) is 25.5 Å². The van der Waals surface area contributed by atoms with Crippen LogP contribution in [0, 0.1) is 12.8 Å². The number of Topliss-reactive ketones (excluding diaryl/α,β-unsaturated/α-hetero) is 1. The van der Waals surface area contributed by atoms with E-state index >= 15 is 0 Å². The molecule has 2 aliphatic carbocycles. The van der Waals surface area contributed by atoms with E-state index in [4.69, 9.17) is 5.73 Å². The molecule has 0 unspecified atom stereocenters. The Hall–Kier alpha value is -2.47. The number of anilines is 1. The molecule has 2 fully saturated rings. The van der Waals surface area contributed by atoms with Crippen LogP contribution in [0.15, 0.2) is 35.5 Å². The van der Waals surface area contributed by atoms with E-state index in [-0.39, 0.29) is 30.0 Å². The molecule has 0 aliphatic heterocycles. The van der Waals surface area contributed by atoms with Gasteiger partial charge in [0.05, 0.1) is 13.0 Å². The van der Waals surface area contributed by atoms with Gasteiger partial charge in [-0.25, -0.2) is 4.99 Å². The summed E-state index contributed by atoms with van der Waals surface area (Å²) in [6.45, 7) is 5.96. The molecular formula is C21H28N4O2. The summed E-state index contributed by atoms with van der Waals surface area (Å²) in [5.41, 5.74) is 8.52. The number of amides is 1. The molecule has 6 heteroatoms. The lowest BCUT2D eigenvalue weighted by Gasteiger charge is -2.20. The first-order valence-corrected chi connectivity index (χ1v) is 9.65. The molecule has 0 aromatic heterocycles. The average Bonchev–Trinajstić information content (AvgIpc) is 3.31. The van der Waals surface area contributed by atoms with Crippen LogP contribution in [0.3, 0.4) is 0 Å². The highest BCUT2D eigenvalue weighted by atomic mass is 16.1. The Kier molecular flexibility index (Phi) is 6.06. The van der Waals surface area contributed by atoms with Crippen molar-refractivity contribution in [3.63, 3.8) is 0 Å². The molecule has 3 rings (SSSR count). The van der Waals surface area contributed by atoms with Gasteiger partial charge in [-0.15, -0.1) is 0 Å². The van der Waals surface area contributed by atoms with Gasteiger partial charge in [0.2, 0.25) is 0 Å². The van der Waals surface area contributed by atoms with E-state index < -0.39 is 0 Å². The summed E-state index contributed by atoms with van der Waals surface area (Å²) < 4.78 is 0. The number of benzene rings is 1. The Labute approximate surface area is 160 Å². The van der Waals surface area contributed by atoms with E-state index in [0.29, 0.717) is 11.6 Å². The van der Waals surface area contributed by atoms with Crippen LogP contribution in [0.1, 0.15) is 54.4 Å². The quantitative estimate of drug-likeness (QED) is 0.320. The van der Waals surface area contributed by atoms with Crippen molar-refractivity contribution in [3.8, 4) is 0 Å². The Bertz CT molecular complexity index is 761. The van der Waals surface area contributed by atoms with Crippen molar-refractivity contribution < 1.29 is 9.59 Å². The van der Waals surface area contributed by atoms with Crippen LogP contribution in [0.4, 0.5) is 5.69 Å². The molecule has 1 aromatic rings. The second-order valence-electron chi connectivity index (χ2n) is 7.44. The number of aliphatic imine (C=N–C) groups is 1. The molecule has 3 N–H and O–H groups in total. The van der Waals surface area contributed by atoms with Crippen molar-refractivity contribution in [2.75, 3.05) is 11.6 Å². The molecule has 0 atom stereocenters. The van der Waals surface area contributed by atoms with Crippen molar-refractivity contribution >= 4 is 23.7 Å². The molecule has 0 spiro atoms. The fourth-order valence-corrected chi connectivity index (χ4v) is 3.39. The molecular weight excluding hydrogens is 340 g/mol. The van der Waals surface area contributed by atoms with E-state index in [1.54, 1.807) is 11.2 Å². The Morgan fingerprint density at radius 1 is 1.30 bits per heavy atom. The molecule has 2 aliphatic rings. The number of aryl methyl sites for hydroxylation is 1. The molecule has 144 valence electrons. The molecule has 0 heterocycles. The standard InChI is InChI=1S/C21H28N4O2/c1-14-7-8-17(21(27)24-18-9-10-18)11-19(14)25(12-22)13-23-15(2)20(26)16-5-3-4-6-16/h7-8,11,13,16,18H,2-6,9-10,12,22H2,1H3,(H,24,27)/b23-13-. The monoisotopic (exact) mass is 368 g/mol. The van der Waals surface area contributed by atoms with Gasteiger partial charge in [0.1, 0.15) is 5.70 Å². The number of nitrogens with two attached hydrogens (primary N) is 1. The van der Waals surface area contributed by atoms with E-state index in [0.717, 1.165) is 49.8 Å².